The fraction of sp³-hybridized carbons (Fsp3) is 0.364. The molecule has 1 saturated heterocycles. The monoisotopic (exact) mass is 381 g/mol. The van der Waals surface area contributed by atoms with E-state index in [9.17, 15) is 9.59 Å². The average Bonchev–Trinajstić information content (AvgIpc) is 2.73. The Hall–Kier alpha value is -2.86. The van der Waals surface area contributed by atoms with E-state index < -0.39 is 0 Å². The highest BCUT2D eigenvalue weighted by Gasteiger charge is 2.25. The van der Waals surface area contributed by atoms with Crippen LogP contribution in [0.3, 0.4) is 0 Å². The minimum absolute atomic E-state index is 0.0105. The molecule has 6 heteroatoms. The Labute approximate surface area is 166 Å². The molecule has 0 spiro atoms. The number of ether oxygens (including phenoxy) is 1. The van der Waals surface area contributed by atoms with Crippen LogP contribution in [0.2, 0.25) is 0 Å². The number of piperazine rings is 1. The molecule has 1 heterocycles. The van der Waals surface area contributed by atoms with Crippen LogP contribution in [0.25, 0.3) is 0 Å². The molecular formula is C22H27N3O3. The van der Waals surface area contributed by atoms with Crippen molar-refractivity contribution in [2.45, 2.75) is 13.8 Å². The number of anilines is 1. The van der Waals surface area contributed by atoms with Gasteiger partial charge in [-0.15, -0.1) is 0 Å². The van der Waals surface area contributed by atoms with Gasteiger partial charge in [0.05, 0.1) is 5.69 Å². The van der Waals surface area contributed by atoms with Crippen molar-refractivity contribution >= 4 is 17.5 Å². The Balaban J connectivity index is 1.75. The molecule has 1 fully saturated rings. The summed E-state index contributed by atoms with van der Waals surface area (Å²) in [6, 6.07) is 16.7. The second-order valence-corrected chi connectivity index (χ2v) is 6.80. The molecule has 2 aromatic rings. The van der Waals surface area contributed by atoms with Crippen LogP contribution in [0.5, 0.6) is 11.5 Å². The van der Waals surface area contributed by atoms with E-state index in [1.807, 2.05) is 59.5 Å². The topological polar surface area (TPSA) is 53.1 Å². The number of amides is 2. The Morgan fingerprint density at radius 2 is 1.61 bits per heavy atom. The van der Waals surface area contributed by atoms with Gasteiger partial charge in [-0.2, -0.15) is 0 Å². The fourth-order valence-corrected chi connectivity index (χ4v) is 3.30. The largest absolute Gasteiger partial charge is 0.455 e. The average molecular weight is 381 g/mol. The van der Waals surface area contributed by atoms with E-state index in [-0.39, 0.29) is 18.4 Å². The van der Waals surface area contributed by atoms with Crippen molar-refractivity contribution in [1.29, 1.82) is 0 Å². The zero-order chi connectivity index (χ0) is 19.9. The van der Waals surface area contributed by atoms with Crippen molar-refractivity contribution in [3.63, 3.8) is 0 Å². The Morgan fingerprint density at radius 3 is 2.25 bits per heavy atom. The number of carbonyl (C=O) groups excluding carboxylic acids is 2. The maximum absolute atomic E-state index is 12.8. The standard InChI is InChI=1S/C22H27N3O3/c1-3-23-13-15-24(16-14-23)22(27)17-25(18(2)26)20-11-7-8-12-21(20)28-19-9-5-4-6-10-19/h4-12H,3,13-17H2,1-2H3. The minimum atomic E-state index is -0.190. The number of likely N-dealkylation sites (N-methyl/N-ethyl adjacent to an activating group) is 1. The smallest absolute Gasteiger partial charge is 0.242 e. The van der Waals surface area contributed by atoms with E-state index in [4.69, 9.17) is 4.74 Å². The highest BCUT2D eigenvalue weighted by atomic mass is 16.5. The third kappa shape index (κ3) is 4.89. The second kappa shape index (κ2) is 9.37. The van der Waals surface area contributed by atoms with E-state index in [0.717, 1.165) is 19.6 Å². The lowest BCUT2D eigenvalue weighted by atomic mass is 10.2. The maximum Gasteiger partial charge on any atom is 0.242 e. The van der Waals surface area contributed by atoms with E-state index in [1.54, 1.807) is 0 Å². The molecule has 2 amide bonds. The number of hydrogen-bond acceptors (Lipinski definition) is 4. The third-order valence-corrected chi connectivity index (χ3v) is 4.97. The predicted molar refractivity (Wildman–Crippen MR) is 110 cm³/mol. The number of para-hydroxylation sites is 3. The molecule has 0 N–H and O–H groups in total. The summed E-state index contributed by atoms with van der Waals surface area (Å²) in [5, 5.41) is 0. The number of nitrogens with zero attached hydrogens (tertiary/aromatic N) is 3. The van der Waals surface area contributed by atoms with Crippen LogP contribution in [-0.4, -0.2) is 60.9 Å². The van der Waals surface area contributed by atoms with Gasteiger partial charge in [-0.1, -0.05) is 37.3 Å². The first kappa shape index (κ1) is 19.9. The van der Waals surface area contributed by atoms with Gasteiger partial charge in [0.25, 0.3) is 0 Å². The van der Waals surface area contributed by atoms with Crippen molar-refractivity contribution in [1.82, 2.24) is 9.80 Å². The molecule has 1 aliphatic heterocycles. The molecule has 0 aliphatic carbocycles. The molecule has 0 aromatic heterocycles. The molecule has 0 radical (unpaired) electrons. The number of carbonyl (C=O) groups is 2. The maximum atomic E-state index is 12.8. The van der Waals surface area contributed by atoms with Gasteiger partial charge in [-0.3, -0.25) is 14.5 Å². The molecule has 1 aliphatic rings. The fourth-order valence-electron chi connectivity index (χ4n) is 3.30. The van der Waals surface area contributed by atoms with Crippen LogP contribution in [0, 0.1) is 0 Å². The summed E-state index contributed by atoms with van der Waals surface area (Å²) in [6.45, 7) is 7.73. The van der Waals surface area contributed by atoms with E-state index >= 15 is 0 Å². The summed E-state index contributed by atoms with van der Waals surface area (Å²) in [7, 11) is 0. The first-order valence-electron chi connectivity index (χ1n) is 9.68. The molecule has 3 rings (SSSR count). The van der Waals surface area contributed by atoms with Gasteiger partial charge in [-0.25, -0.2) is 0 Å². The normalized spacial score (nSPS) is 14.6. The van der Waals surface area contributed by atoms with Crippen LogP contribution in [-0.2, 0) is 9.59 Å². The summed E-state index contributed by atoms with van der Waals surface area (Å²) in [5.41, 5.74) is 0.597. The molecule has 28 heavy (non-hydrogen) atoms. The SMILES string of the molecule is CCN1CCN(C(=O)CN(C(C)=O)c2ccccc2Oc2ccccc2)CC1. The van der Waals surface area contributed by atoms with Gasteiger partial charge < -0.3 is 14.5 Å². The molecule has 0 bridgehead atoms. The van der Waals surface area contributed by atoms with Crippen LogP contribution in [0.1, 0.15) is 13.8 Å². The Bertz CT molecular complexity index is 802. The van der Waals surface area contributed by atoms with Crippen LogP contribution >= 0.6 is 0 Å². The van der Waals surface area contributed by atoms with Gasteiger partial charge in [0.2, 0.25) is 11.8 Å². The van der Waals surface area contributed by atoms with Crippen molar-refractivity contribution in [3.05, 3.63) is 54.6 Å². The van der Waals surface area contributed by atoms with E-state index in [2.05, 4.69) is 11.8 Å². The zero-order valence-electron chi connectivity index (χ0n) is 16.5. The quantitative estimate of drug-likeness (QED) is 0.772. The second-order valence-electron chi connectivity index (χ2n) is 6.80. The van der Waals surface area contributed by atoms with Crippen molar-refractivity contribution in [2.75, 3.05) is 44.2 Å². The van der Waals surface area contributed by atoms with Gasteiger partial charge >= 0.3 is 0 Å². The number of benzene rings is 2. The van der Waals surface area contributed by atoms with Gasteiger partial charge in [0.1, 0.15) is 12.3 Å². The molecule has 2 aromatic carbocycles. The Kier molecular flexibility index (Phi) is 6.66. The third-order valence-electron chi connectivity index (χ3n) is 4.97. The molecule has 6 nitrogen and oxygen atoms in total. The van der Waals surface area contributed by atoms with Gasteiger partial charge in [-0.05, 0) is 30.8 Å². The zero-order valence-corrected chi connectivity index (χ0v) is 16.5. The number of hydrogen-bond donors (Lipinski definition) is 0. The number of rotatable bonds is 6. The summed E-state index contributed by atoms with van der Waals surface area (Å²) in [6.07, 6.45) is 0. The molecule has 0 atom stereocenters. The lowest BCUT2D eigenvalue weighted by Gasteiger charge is -2.35. The first-order chi connectivity index (χ1) is 13.6. The Morgan fingerprint density at radius 1 is 0.964 bits per heavy atom. The van der Waals surface area contributed by atoms with Crippen LogP contribution < -0.4 is 9.64 Å². The van der Waals surface area contributed by atoms with Crippen molar-refractivity contribution in [2.24, 2.45) is 0 Å². The van der Waals surface area contributed by atoms with Gasteiger partial charge in [0.15, 0.2) is 5.75 Å². The van der Waals surface area contributed by atoms with E-state index in [0.29, 0.717) is 30.3 Å². The minimum Gasteiger partial charge on any atom is -0.455 e. The molecular weight excluding hydrogens is 354 g/mol. The predicted octanol–water partition coefficient (Wildman–Crippen LogP) is 3.00. The lowest BCUT2D eigenvalue weighted by Crippen LogP contribution is -2.51. The van der Waals surface area contributed by atoms with Crippen molar-refractivity contribution in [3.8, 4) is 11.5 Å². The van der Waals surface area contributed by atoms with Crippen molar-refractivity contribution < 1.29 is 14.3 Å². The highest BCUT2D eigenvalue weighted by Crippen LogP contribution is 2.32. The lowest BCUT2D eigenvalue weighted by molar-refractivity contribution is -0.132. The van der Waals surface area contributed by atoms with E-state index in [1.165, 1.54) is 11.8 Å². The van der Waals surface area contributed by atoms with Crippen LogP contribution in [0.15, 0.2) is 54.6 Å². The first-order valence-corrected chi connectivity index (χ1v) is 9.68. The summed E-state index contributed by atoms with van der Waals surface area (Å²) in [4.78, 5) is 30.8. The summed E-state index contributed by atoms with van der Waals surface area (Å²) >= 11 is 0. The molecule has 0 unspecified atom stereocenters. The molecule has 148 valence electrons. The molecule has 0 saturated carbocycles. The van der Waals surface area contributed by atoms with Crippen LogP contribution in [0.4, 0.5) is 5.69 Å². The summed E-state index contributed by atoms with van der Waals surface area (Å²) < 4.78 is 5.97. The van der Waals surface area contributed by atoms with Gasteiger partial charge in [0, 0.05) is 33.1 Å². The summed E-state index contributed by atoms with van der Waals surface area (Å²) in [5.74, 6) is 0.998. The highest BCUT2D eigenvalue weighted by molar-refractivity contribution is 5.98.